The topological polar surface area (TPSA) is 66.7 Å². The molecular weight excluding hydrogens is 342 g/mol. The van der Waals surface area contributed by atoms with Gasteiger partial charge in [0.25, 0.3) is 5.69 Å². The second-order valence-corrected chi connectivity index (χ2v) is 7.06. The van der Waals surface area contributed by atoms with Crippen LogP contribution in [0.15, 0.2) is 24.3 Å². The Bertz CT molecular complexity index is 693. The largest absolute Gasteiger partial charge is 0.334 e. The molecule has 0 N–H and O–H groups in total. The van der Waals surface area contributed by atoms with E-state index in [0.29, 0.717) is 35.6 Å². The summed E-state index contributed by atoms with van der Waals surface area (Å²) >= 11 is 5.95. The van der Waals surface area contributed by atoms with E-state index in [-0.39, 0.29) is 11.6 Å². The lowest BCUT2D eigenvalue weighted by Crippen LogP contribution is -2.55. The fourth-order valence-corrected chi connectivity index (χ4v) is 4.06. The van der Waals surface area contributed by atoms with E-state index in [1.165, 1.54) is 12.1 Å². The number of rotatable bonds is 5. The minimum atomic E-state index is -0.397. The van der Waals surface area contributed by atoms with Gasteiger partial charge in [0.05, 0.1) is 10.5 Å². The summed E-state index contributed by atoms with van der Waals surface area (Å²) in [5.74, 6) is 0.247. The third-order valence-corrected chi connectivity index (χ3v) is 5.23. The molecule has 0 aliphatic carbocycles. The maximum absolute atomic E-state index is 12.1. The van der Waals surface area contributed by atoms with Crippen LogP contribution in [0.3, 0.4) is 0 Å². The van der Waals surface area contributed by atoms with Gasteiger partial charge in [-0.15, -0.1) is 0 Å². The van der Waals surface area contributed by atoms with Gasteiger partial charge in [0.2, 0.25) is 5.91 Å². The zero-order valence-corrected chi connectivity index (χ0v) is 15.0. The Morgan fingerprint density at radius 1 is 1.36 bits per heavy atom. The first-order valence-corrected chi connectivity index (χ1v) is 9.01. The molecule has 134 valence electrons. The number of nitro groups is 1. The third kappa shape index (κ3) is 3.85. The molecule has 1 aromatic carbocycles. The molecule has 7 heteroatoms. The van der Waals surface area contributed by atoms with E-state index in [9.17, 15) is 14.9 Å². The van der Waals surface area contributed by atoms with Crippen LogP contribution in [0.4, 0.5) is 5.69 Å². The van der Waals surface area contributed by atoms with Crippen LogP contribution in [0.1, 0.15) is 31.7 Å². The predicted octanol–water partition coefficient (Wildman–Crippen LogP) is 3.35. The number of amides is 1. The molecule has 3 rings (SSSR count). The molecule has 0 saturated carbocycles. The first-order chi connectivity index (χ1) is 12.0. The van der Waals surface area contributed by atoms with Crippen LogP contribution in [0.5, 0.6) is 0 Å². The van der Waals surface area contributed by atoms with Gasteiger partial charge in [-0.1, -0.05) is 30.7 Å². The zero-order valence-electron chi connectivity index (χ0n) is 14.2. The summed E-state index contributed by atoms with van der Waals surface area (Å²) in [6, 6.07) is 5.17. The van der Waals surface area contributed by atoms with Crippen molar-refractivity contribution in [2.24, 2.45) is 0 Å². The first kappa shape index (κ1) is 17.9. The molecular formula is C18H22ClN3O3. The Morgan fingerprint density at radius 2 is 2.04 bits per heavy atom. The van der Waals surface area contributed by atoms with Crippen LogP contribution in [0.2, 0.25) is 5.02 Å². The first-order valence-electron chi connectivity index (χ1n) is 8.63. The molecule has 6 nitrogen and oxygen atoms in total. The van der Waals surface area contributed by atoms with Gasteiger partial charge in [-0.2, -0.15) is 0 Å². The van der Waals surface area contributed by atoms with Crippen LogP contribution < -0.4 is 0 Å². The van der Waals surface area contributed by atoms with Crippen molar-refractivity contribution < 1.29 is 9.72 Å². The van der Waals surface area contributed by atoms with Crippen molar-refractivity contribution in [1.29, 1.82) is 0 Å². The molecule has 2 aliphatic heterocycles. The minimum absolute atomic E-state index is 0.0547. The second-order valence-electron chi connectivity index (χ2n) is 6.62. The Balaban J connectivity index is 1.64. The Hall–Kier alpha value is -1.92. The lowest BCUT2D eigenvalue weighted by Gasteiger charge is -2.40. The zero-order chi connectivity index (χ0) is 18.0. The molecule has 2 heterocycles. The van der Waals surface area contributed by atoms with Crippen molar-refractivity contribution in [2.75, 3.05) is 19.6 Å². The van der Waals surface area contributed by atoms with E-state index in [2.05, 4.69) is 9.80 Å². The number of carbonyl (C=O) groups is 1. The van der Waals surface area contributed by atoms with Gasteiger partial charge in [0, 0.05) is 49.2 Å². The number of hydrogen-bond donors (Lipinski definition) is 0. The average molecular weight is 364 g/mol. The number of fused-ring (bicyclic) bond motifs is 2. The number of likely N-dealkylation sites (tertiary alicyclic amines) is 1. The molecule has 2 saturated heterocycles. The number of piperazine rings is 1. The fourth-order valence-electron chi connectivity index (χ4n) is 3.88. The van der Waals surface area contributed by atoms with Gasteiger partial charge in [-0.25, -0.2) is 0 Å². The molecule has 2 bridgehead atoms. The lowest BCUT2D eigenvalue weighted by atomic mass is 10.1. The average Bonchev–Trinajstić information content (AvgIpc) is 2.84. The molecule has 2 unspecified atom stereocenters. The summed E-state index contributed by atoms with van der Waals surface area (Å²) in [4.78, 5) is 27.2. The van der Waals surface area contributed by atoms with Crippen molar-refractivity contribution in [3.05, 3.63) is 45.0 Å². The highest BCUT2D eigenvalue weighted by Crippen LogP contribution is 2.31. The van der Waals surface area contributed by atoms with Crippen molar-refractivity contribution >= 4 is 29.3 Å². The van der Waals surface area contributed by atoms with Crippen molar-refractivity contribution in [2.45, 2.75) is 38.3 Å². The summed E-state index contributed by atoms with van der Waals surface area (Å²) in [6.45, 7) is 4.36. The van der Waals surface area contributed by atoms with E-state index in [1.807, 2.05) is 13.0 Å². The summed E-state index contributed by atoms with van der Waals surface area (Å²) in [5.41, 5.74) is 0.569. The molecule has 1 aromatic rings. The van der Waals surface area contributed by atoms with E-state index < -0.39 is 4.92 Å². The number of benzene rings is 1. The van der Waals surface area contributed by atoms with Crippen LogP contribution in [0.25, 0.3) is 6.08 Å². The van der Waals surface area contributed by atoms with Crippen LogP contribution in [-0.4, -0.2) is 52.3 Å². The van der Waals surface area contributed by atoms with E-state index in [4.69, 9.17) is 11.6 Å². The van der Waals surface area contributed by atoms with E-state index in [1.54, 1.807) is 12.1 Å². The highest BCUT2D eigenvalue weighted by atomic mass is 35.5. The fraction of sp³-hybridized carbons (Fsp3) is 0.500. The molecule has 0 radical (unpaired) electrons. The van der Waals surface area contributed by atoms with E-state index in [0.717, 1.165) is 25.9 Å². The van der Waals surface area contributed by atoms with Gasteiger partial charge < -0.3 is 4.90 Å². The van der Waals surface area contributed by atoms with Gasteiger partial charge in [0.15, 0.2) is 0 Å². The summed E-state index contributed by atoms with van der Waals surface area (Å²) in [5, 5.41) is 11.6. The van der Waals surface area contributed by atoms with Crippen LogP contribution in [-0.2, 0) is 4.79 Å². The van der Waals surface area contributed by atoms with Crippen LogP contribution in [0, 0.1) is 10.1 Å². The van der Waals surface area contributed by atoms with Crippen molar-refractivity contribution in [3.63, 3.8) is 0 Å². The third-order valence-electron chi connectivity index (χ3n) is 5.00. The van der Waals surface area contributed by atoms with Crippen molar-refractivity contribution in [3.8, 4) is 0 Å². The smallest absolute Gasteiger partial charge is 0.276 e. The van der Waals surface area contributed by atoms with Crippen molar-refractivity contribution in [1.82, 2.24) is 9.80 Å². The Morgan fingerprint density at radius 3 is 2.64 bits per heavy atom. The summed E-state index contributed by atoms with van der Waals surface area (Å²) in [7, 11) is 0. The van der Waals surface area contributed by atoms with E-state index >= 15 is 0 Å². The number of carbonyl (C=O) groups excluding carboxylic acids is 1. The highest BCUT2D eigenvalue weighted by molar-refractivity contribution is 6.30. The van der Waals surface area contributed by atoms with Gasteiger partial charge in [-0.3, -0.25) is 19.8 Å². The predicted molar refractivity (Wildman–Crippen MR) is 97.5 cm³/mol. The normalized spacial score (nSPS) is 23.4. The highest BCUT2D eigenvalue weighted by Gasteiger charge is 2.41. The quantitative estimate of drug-likeness (QED) is 0.594. The Labute approximate surface area is 152 Å². The summed E-state index contributed by atoms with van der Waals surface area (Å²) < 4.78 is 0. The van der Waals surface area contributed by atoms with Crippen LogP contribution >= 0.6 is 11.6 Å². The molecule has 2 aliphatic rings. The molecule has 0 aromatic heterocycles. The maximum atomic E-state index is 12.1. The lowest BCUT2D eigenvalue weighted by molar-refractivity contribution is -0.385. The standard InChI is InChI=1S/C18H22ClN3O3/c1-2-18(23)21-15-6-7-16(21)12-20(11-15)9-3-4-13-10-14(19)5-8-17(13)22(24)25/h3-5,8,10,15-16H,2,6-7,9,11-12H2,1H3/b4-3+. The minimum Gasteiger partial charge on any atom is -0.334 e. The summed E-state index contributed by atoms with van der Waals surface area (Å²) in [6.07, 6.45) is 6.39. The van der Waals surface area contributed by atoms with Gasteiger partial charge in [-0.05, 0) is 25.0 Å². The number of nitrogens with zero attached hydrogens (tertiary/aromatic N) is 3. The Kier molecular flexibility index (Phi) is 5.39. The molecule has 2 atom stereocenters. The SMILES string of the molecule is CCC(=O)N1C2CCC1CN(C/C=C/c1cc(Cl)ccc1[N+](=O)[O-])C2. The molecule has 2 fully saturated rings. The van der Waals surface area contributed by atoms with Gasteiger partial charge >= 0.3 is 0 Å². The molecule has 1 amide bonds. The molecule has 0 spiro atoms. The molecule has 25 heavy (non-hydrogen) atoms. The monoisotopic (exact) mass is 363 g/mol. The number of hydrogen-bond acceptors (Lipinski definition) is 4. The van der Waals surface area contributed by atoms with Gasteiger partial charge in [0.1, 0.15) is 0 Å². The number of halogens is 1. The maximum Gasteiger partial charge on any atom is 0.276 e. The second kappa shape index (κ2) is 7.54. The number of nitro benzene ring substituents is 1.